The number of benzene rings is 1. The van der Waals surface area contributed by atoms with E-state index in [0.29, 0.717) is 12.6 Å². The van der Waals surface area contributed by atoms with Crippen LogP contribution < -0.4 is 11.4 Å². The van der Waals surface area contributed by atoms with Gasteiger partial charge >= 0.3 is 5.69 Å². The SMILES string of the molecule is NCCc1ccc2c(c1)[nH]c(=O)n2C1CC1. The van der Waals surface area contributed by atoms with E-state index in [-0.39, 0.29) is 5.69 Å². The van der Waals surface area contributed by atoms with Crippen LogP contribution in [-0.2, 0) is 6.42 Å². The quantitative estimate of drug-likeness (QED) is 0.810. The second kappa shape index (κ2) is 3.49. The molecule has 1 fully saturated rings. The van der Waals surface area contributed by atoms with E-state index in [9.17, 15) is 4.79 Å². The average Bonchev–Trinajstić information content (AvgIpc) is 3.02. The zero-order valence-electron chi connectivity index (χ0n) is 9.07. The molecule has 3 rings (SSSR count). The van der Waals surface area contributed by atoms with Crippen LogP contribution in [0.15, 0.2) is 23.0 Å². The van der Waals surface area contributed by atoms with Crippen LogP contribution >= 0.6 is 0 Å². The molecule has 0 bridgehead atoms. The summed E-state index contributed by atoms with van der Waals surface area (Å²) in [5.41, 5.74) is 8.67. The summed E-state index contributed by atoms with van der Waals surface area (Å²) < 4.78 is 1.88. The summed E-state index contributed by atoms with van der Waals surface area (Å²) in [5, 5.41) is 0. The Balaban J connectivity index is 2.15. The second-order valence-electron chi connectivity index (χ2n) is 4.42. The van der Waals surface area contributed by atoms with E-state index in [0.717, 1.165) is 30.3 Å². The molecule has 4 nitrogen and oxygen atoms in total. The van der Waals surface area contributed by atoms with E-state index in [1.54, 1.807) is 0 Å². The van der Waals surface area contributed by atoms with E-state index in [1.807, 2.05) is 16.7 Å². The zero-order chi connectivity index (χ0) is 11.1. The van der Waals surface area contributed by atoms with Crippen LogP contribution in [-0.4, -0.2) is 16.1 Å². The first kappa shape index (κ1) is 9.66. The topological polar surface area (TPSA) is 63.8 Å². The van der Waals surface area contributed by atoms with Crippen LogP contribution in [0.1, 0.15) is 24.4 Å². The highest BCUT2D eigenvalue weighted by Crippen LogP contribution is 2.35. The summed E-state index contributed by atoms with van der Waals surface area (Å²) in [7, 11) is 0. The molecule has 3 N–H and O–H groups in total. The molecule has 1 aromatic carbocycles. The number of rotatable bonds is 3. The molecule has 1 aliphatic rings. The monoisotopic (exact) mass is 217 g/mol. The van der Waals surface area contributed by atoms with Gasteiger partial charge in [-0.15, -0.1) is 0 Å². The van der Waals surface area contributed by atoms with Gasteiger partial charge in [0.05, 0.1) is 11.0 Å². The molecule has 0 radical (unpaired) electrons. The summed E-state index contributed by atoms with van der Waals surface area (Å²) in [6.07, 6.45) is 3.10. The van der Waals surface area contributed by atoms with Gasteiger partial charge in [0.2, 0.25) is 0 Å². The summed E-state index contributed by atoms with van der Waals surface area (Å²) in [6.45, 7) is 0.638. The fourth-order valence-corrected chi connectivity index (χ4v) is 2.20. The standard InChI is InChI=1S/C12H15N3O/c13-6-5-8-1-4-11-10(7-8)14-12(16)15(11)9-2-3-9/h1,4,7,9H,2-3,5-6,13H2,(H,14,16). The molecule has 0 amide bonds. The van der Waals surface area contributed by atoms with Crippen LogP contribution in [0.5, 0.6) is 0 Å². The minimum Gasteiger partial charge on any atom is -0.330 e. The smallest absolute Gasteiger partial charge is 0.326 e. The second-order valence-corrected chi connectivity index (χ2v) is 4.42. The Morgan fingerprint density at radius 3 is 2.94 bits per heavy atom. The van der Waals surface area contributed by atoms with E-state index < -0.39 is 0 Å². The highest BCUT2D eigenvalue weighted by Gasteiger charge is 2.26. The maximum Gasteiger partial charge on any atom is 0.326 e. The molecule has 16 heavy (non-hydrogen) atoms. The lowest BCUT2D eigenvalue weighted by atomic mass is 10.1. The fourth-order valence-electron chi connectivity index (χ4n) is 2.20. The Hall–Kier alpha value is -1.55. The van der Waals surface area contributed by atoms with Crippen molar-refractivity contribution in [3.8, 4) is 0 Å². The van der Waals surface area contributed by atoms with Gasteiger partial charge in [0, 0.05) is 6.04 Å². The third kappa shape index (κ3) is 1.46. The normalized spacial score (nSPS) is 15.8. The lowest BCUT2D eigenvalue weighted by Crippen LogP contribution is -2.14. The first-order chi connectivity index (χ1) is 7.79. The van der Waals surface area contributed by atoms with E-state index in [1.165, 1.54) is 5.56 Å². The van der Waals surface area contributed by atoms with Crippen molar-refractivity contribution in [2.45, 2.75) is 25.3 Å². The number of fused-ring (bicyclic) bond motifs is 1. The van der Waals surface area contributed by atoms with E-state index in [2.05, 4.69) is 11.1 Å². The number of H-pyrrole nitrogens is 1. The Morgan fingerprint density at radius 2 is 2.25 bits per heavy atom. The van der Waals surface area contributed by atoms with Crippen molar-refractivity contribution in [1.82, 2.24) is 9.55 Å². The Labute approximate surface area is 93.1 Å². The number of hydrogen-bond acceptors (Lipinski definition) is 2. The molecule has 0 aliphatic heterocycles. The Bertz CT molecular complexity index is 577. The minimum atomic E-state index is 0.0161. The molecule has 1 aliphatic carbocycles. The summed E-state index contributed by atoms with van der Waals surface area (Å²) in [5.74, 6) is 0. The maximum atomic E-state index is 11.8. The molecule has 0 saturated heterocycles. The lowest BCUT2D eigenvalue weighted by molar-refractivity contribution is 0.733. The van der Waals surface area contributed by atoms with Crippen LogP contribution in [0.3, 0.4) is 0 Å². The van der Waals surface area contributed by atoms with Crippen LogP contribution in [0.4, 0.5) is 0 Å². The maximum absolute atomic E-state index is 11.8. The van der Waals surface area contributed by atoms with Crippen molar-refractivity contribution >= 4 is 11.0 Å². The van der Waals surface area contributed by atoms with Gasteiger partial charge in [-0.2, -0.15) is 0 Å². The van der Waals surface area contributed by atoms with Gasteiger partial charge in [-0.25, -0.2) is 4.79 Å². The highest BCUT2D eigenvalue weighted by molar-refractivity contribution is 5.76. The van der Waals surface area contributed by atoms with Gasteiger partial charge in [0.1, 0.15) is 0 Å². The predicted molar refractivity (Wildman–Crippen MR) is 63.6 cm³/mol. The molecule has 1 saturated carbocycles. The van der Waals surface area contributed by atoms with Crippen molar-refractivity contribution < 1.29 is 0 Å². The first-order valence-corrected chi connectivity index (χ1v) is 5.73. The number of aromatic amines is 1. The number of nitrogens with zero attached hydrogens (tertiary/aromatic N) is 1. The third-order valence-electron chi connectivity index (χ3n) is 3.13. The van der Waals surface area contributed by atoms with Crippen molar-refractivity contribution in [1.29, 1.82) is 0 Å². The highest BCUT2D eigenvalue weighted by atomic mass is 16.1. The minimum absolute atomic E-state index is 0.0161. The molecule has 84 valence electrons. The molecular formula is C12H15N3O. The van der Waals surface area contributed by atoms with Crippen LogP contribution in [0, 0.1) is 0 Å². The molecule has 0 spiro atoms. The Morgan fingerprint density at radius 1 is 1.44 bits per heavy atom. The van der Waals surface area contributed by atoms with Gasteiger partial charge in [-0.05, 0) is 43.5 Å². The molecule has 4 heteroatoms. The van der Waals surface area contributed by atoms with Crippen molar-refractivity contribution in [3.63, 3.8) is 0 Å². The summed E-state index contributed by atoms with van der Waals surface area (Å²) in [6, 6.07) is 6.53. The molecule has 2 aromatic rings. The van der Waals surface area contributed by atoms with Crippen molar-refractivity contribution in [2.24, 2.45) is 5.73 Å². The molecule has 0 atom stereocenters. The predicted octanol–water partition coefficient (Wildman–Crippen LogP) is 1.17. The molecule has 0 unspecified atom stereocenters. The lowest BCUT2D eigenvalue weighted by Gasteiger charge is -2.01. The summed E-state index contributed by atoms with van der Waals surface area (Å²) >= 11 is 0. The average molecular weight is 217 g/mol. The largest absolute Gasteiger partial charge is 0.330 e. The van der Waals surface area contributed by atoms with Crippen molar-refractivity contribution in [2.75, 3.05) is 6.54 Å². The zero-order valence-corrected chi connectivity index (χ0v) is 9.07. The van der Waals surface area contributed by atoms with E-state index >= 15 is 0 Å². The number of nitrogens with one attached hydrogen (secondary N) is 1. The number of hydrogen-bond donors (Lipinski definition) is 2. The summed E-state index contributed by atoms with van der Waals surface area (Å²) in [4.78, 5) is 14.7. The van der Waals surface area contributed by atoms with Crippen molar-refractivity contribution in [3.05, 3.63) is 34.2 Å². The van der Waals surface area contributed by atoms with Gasteiger partial charge in [0.15, 0.2) is 0 Å². The molecule has 1 aromatic heterocycles. The number of imidazole rings is 1. The van der Waals surface area contributed by atoms with Crippen LogP contribution in [0.25, 0.3) is 11.0 Å². The van der Waals surface area contributed by atoms with Gasteiger partial charge in [-0.1, -0.05) is 6.07 Å². The number of aromatic nitrogens is 2. The van der Waals surface area contributed by atoms with E-state index in [4.69, 9.17) is 5.73 Å². The van der Waals surface area contributed by atoms with Gasteiger partial charge < -0.3 is 10.7 Å². The van der Waals surface area contributed by atoms with Gasteiger partial charge in [-0.3, -0.25) is 4.57 Å². The molecule has 1 heterocycles. The van der Waals surface area contributed by atoms with Gasteiger partial charge in [0.25, 0.3) is 0 Å². The first-order valence-electron chi connectivity index (χ1n) is 5.73. The Kier molecular flexibility index (Phi) is 2.11. The number of nitrogens with two attached hydrogens (primary N) is 1. The third-order valence-corrected chi connectivity index (χ3v) is 3.13. The molecular weight excluding hydrogens is 202 g/mol. The van der Waals surface area contributed by atoms with Crippen LogP contribution in [0.2, 0.25) is 0 Å². The fraction of sp³-hybridized carbons (Fsp3) is 0.417.